The molecule has 1 heterocycles. The Morgan fingerprint density at radius 3 is 2.54 bits per heavy atom. The van der Waals surface area contributed by atoms with E-state index in [2.05, 4.69) is 9.80 Å². The summed E-state index contributed by atoms with van der Waals surface area (Å²) in [5.74, 6) is -1.02. The Hall–Kier alpha value is -2.11. The molecule has 0 atom stereocenters. The van der Waals surface area contributed by atoms with Gasteiger partial charge in [0, 0.05) is 29.8 Å². The van der Waals surface area contributed by atoms with Crippen molar-refractivity contribution in [1.82, 2.24) is 4.90 Å². The number of piperidine rings is 1. The van der Waals surface area contributed by atoms with Crippen molar-refractivity contribution in [2.24, 2.45) is 0 Å². The van der Waals surface area contributed by atoms with Gasteiger partial charge in [0.05, 0.1) is 6.54 Å². The fourth-order valence-corrected chi connectivity index (χ4v) is 3.99. The van der Waals surface area contributed by atoms with Crippen LogP contribution in [0.25, 0.3) is 0 Å². The Labute approximate surface area is 170 Å². The Bertz CT molecular complexity index is 776. The van der Waals surface area contributed by atoms with Gasteiger partial charge in [-0.3, -0.25) is 9.69 Å². The first-order valence-electron chi connectivity index (χ1n) is 9.72. The lowest BCUT2D eigenvalue weighted by Gasteiger charge is -2.39. The minimum Gasteiger partial charge on any atom is -0.480 e. The molecule has 0 radical (unpaired) electrons. The van der Waals surface area contributed by atoms with Gasteiger partial charge in [-0.15, -0.1) is 0 Å². The fraction of sp³-hybridized carbons (Fsp3) is 0.409. The molecule has 3 rings (SSSR count). The van der Waals surface area contributed by atoms with E-state index in [1.54, 1.807) is 12.1 Å². The van der Waals surface area contributed by atoms with Crippen molar-refractivity contribution in [2.45, 2.75) is 31.7 Å². The molecule has 1 N–H and O–H groups in total. The molecule has 0 amide bonds. The molecule has 4 nitrogen and oxygen atoms in total. The molecular formula is C22H26ClFN2O2. The lowest BCUT2D eigenvalue weighted by Crippen LogP contribution is -2.47. The van der Waals surface area contributed by atoms with Gasteiger partial charge in [0.1, 0.15) is 5.82 Å². The maximum absolute atomic E-state index is 13.5. The molecule has 1 saturated heterocycles. The van der Waals surface area contributed by atoms with Gasteiger partial charge in [0.25, 0.3) is 0 Å². The lowest BCUT2D eigenvalue weighted by atomic mass is 10.0. The average molecular weight is 405 g/mol. The normalized spacial score (nSPS) is 15.2. The summed E-state index contributed by atoms with van der Waals surface area (Å²) >= 11 is 5.92. The van der Waals surface area contributed by atoms with E-state index in [-0.39, 0.29) is 18.4 Å². The van der Waals surface area contributed by atoms with Crippen molar-refractivity contribution in [3.8, 4) is 0 Å². The molecule has 0 saturated carbocycles. The minimum atomic E-state index is -0.793. The molecule has 150 valence electrons. The first-order valence-corrected chi connectivity index (χ1v) is 10.1. The van der Waals surface area contributed by atoms with Crippen LogP contribution in [-0.2, 0) is 11.2 Å². The molecule has 0 unspecified atom stereocenters. The van der Waals surface area contributed by atoms with Crippen LogP contribution in [0.4, 0.5) is 10.1 Å². The number of rotatable bonds is 8. The van der Waals surface area contributed by atoms with Crippen LogP contribution in [0.3, 0.4) is 0 Å². The van der Waals surface area contributed by atoms with E-state index in [0.29, 0.717) is 0 Å². The smallest absolute Gasteiger partial charge is 0.317 e. The van der Waals surface area contributed by atoms with Gasteiger partial charge in [-0.05, 0) is 68.1 Å². The second-order valence-electron chi connectivity index (χ2n) is 7.29. The van der Waals surface area contributed by atoms with Gasteiger partial charge in [-0.2, -0.15) is 0 Å². The maximum atomic E-state index is 13.5. The number of hydrogen-bond acceptors (Lipinski definition) is 3. The summed E-state index contributed by atoms with van der Waals surface area (Å²) in [5, 5.41) is 10.0. The predicted molar refractivity (Wildman–Crippen MR) is 111 cm³/mol. The predicted octanol–water partition coefficient (Wildman–Crippen LogP) is 4.47. The summed E-state index contributed by atoms with van der Waals surface area (Å²) in [4.78, 5) is 15.6. The molecule has 1 fully saturated rings. The van der Waals surface area contributed by atoms with Crippen molar-refractivity contribution in [1.29, 1.82) is 0 Å². The van der Waals surface area contributed by atoms with E-state index < -0.39 is 5.97 Å². The highest BCUT2D eigenvalue weighted by molar-refractivity contribution is 6.30. The number of benzene rings is 2. The number of halogens is 2. The number of carboxylic acid groups (broad SMARTS) is 1. The first kappa shape index (κ1) is 20.6. The van der Waals surface area contributed by atoms with Crippen LogP contribution in [0.2, 0.25) is 5.02 Å². The number of carboxylic acids is 1. The van der Waals surface area contributed by atoms with Crippen LogP contribution in [0, 0.1) is 5.82 Å². The lowest BCUT2D eigenvalue weighted by molar-refractivity contribution is -0.139. The van der Waals surface area contributed by atoms with Crippen LogP contribution in [0.15, 0.2) is 48.5 Å². The third-order valence-corrected chi connectivity index (χ3v) is 5.57. The van der Waals surface area contributed by atoms with Crippen LogP contribution in [0.1, 0.15) is 24.8 Å². The number of carbonyl (C=O) groups is 1. The summed E-state index contributed by atoms with van der Waals surface area (Å²) < 4.78 is 13.5. The van der Waals surface area contributed by atoms with E-state index >= 15 is 0 Å². The highest BCUT2D eigenvalue weighted by atomic mass is 35.5. The molecule has 1 aliphatic heterocycles. The molecule has 6 heteroatoms. The molecule has 0 aliphatic carbocycles. The van der Waals surface area contributed by atoms with Gasteiger partial charge in [0.2, 0.25) is 0 Å². The molecule has 0 bridgehead atoms. The number of nitrogens with zero attached hydrogens (tertiary/aromatic N) is 2. The average Bonchev–Trinajstić information content (AvgIpc) is 2.68. The highest BCUT2D eigenvalue weighted by Gasteiger charge is 2.26. The zero-order valence-corrected chi connectivity index (χ0v) is 16.6. The van der Waals surface area contributed by atoms with Gasteiger partial charge in [0.15, 0.2) is 0 Å². The van der Waals surface area contributed by atoms with E-state index in [1.807, 2.05) is 30.3 Å². The van der Waals surface area contributed by atoms with Crippen molar-refractivity contribution < 1.29 is 14.3 Å². The van der Waals surface area contributed by atoms with Crippen LogP contribution in [-0.4, -0.2) is 48.2 Å². The monoisotopic (exact) mass is 404 g/mol. The summed E-state index contributed by atoms with van der Waals surface area (Å²) in [5.41, 5.74) is 2.10. The Morgan fingerprint density at radius 1 is 1.18 bits per heavy atom. The standard InChI is InChI=1S/C22H26ClFN2O2/c23-18-8-6-17(7-9-18)3-2-12-26(16-22(27)28)20-10-13-25(14-11-20)21-5-1-4-19(24)15-21/h1,4-9,15,20H,2-3,10-14,16H2,(H,27,28). The molecule has 2 aromatic rings. The molecular weight excluding hydrogens is 379 g/mol. The second-order valence-corrected chi connectivity index (χ2v) is 7.73. The molecule has 28 heavy (non-hydrogen) atoms. The number of aliphatic carboxylic acids is 1. The van der Waals surface area contributed by atoms with Gasteiger partial charge < -0.3 is 10.0 Å². The van der Waals surface area contributed by atoms with Crippen molar-refractivity contribution in [3.63, 3.8) is 0 Å². The molecule has 0 aromatic heterocycles. The Balaban J connectivity index is 1.53. The summed E-state index contributed by atoms with van der Waals surface area (Å²) in [7, 11) is 0. The van der Waals surface area contributed by atoms with Gasteiger partial charge >= 0.3 is 5.97 Å². The van der Waals surface area contributed by atoms with Crippen LogP contribution >= 0.6 is 11.6 Å². The largest absolute Gasteiger partial charge is 0.480 e. The van der Waals surface area contributed by atoms with Crippen molar-refractivity contribution >= 4 is 23.3 Å². The number of hydrogen-bond donors (Lipinski definition) is 1. The fourth-order valence-electron chi connectivity index (χ4n) is 3.86. The topological polar surface area (TPSA) is 43.8 Å². The SMILES string of the molecule is O=C(O)CN(CCCc1ccc(Cl)cc1)C1CCN(c2cccc(F)c2)CC1. The number of aryl methyl sites for hydroxylation is 1. The van der Waals surface area contributed by atoms with Crippen LogP contribution < -0.4 is 4.90 Å². The second kappa shape index (κ2) is 9.89. The summed E-state index contributed by atoms with van der Waals surface area (Å²) in [6, 6.07) is 14.7. The van der Waals surface area contributed by atoms with E-state index in [4.69, 9.17) is 11.6 Å². The first-order chi connectivity index (χ1) is 13.5. The van der Waals surface area contributed by atoms with Gasteiger partial charge in [-0.1, -0.05) is 29.8 Å². The number of anilines is 1. The minimum absolute atomic E-state index is 0.0608. The van der Waals surface area contributed by atoms with E-state index in [0.717, 1.165) is 56.0 Å². The quantitative estimate of drug-likeness (QED) is 0.705. The third kappa shape index (κ3) is 5.94. The summed E-state index contributed by atoms with van der Waals surface area (Å²) in [6.07, 6.45) is 3.56. The van der Waals surface area contributed by atoms with Gasteiger partial charge in [-0.25, -0.2) is 4.39 Å². The zero-order chi connectivity index (χ0) is 19.9. The van der Waals surface area contributed by atoms with Crippen molar-refractivity contribution in [2.75, 3.05) is 31.1 Å². The highest BCUT2D eigenvalue weighted by Crippen LogP contribution is 2.23. The summed E-state index contributed by atoms with van der Waals surface area (Å²) in [6.45, 7) is 2.42. The van der Waals surface area contributed by atoms with Crippen LogP contribution in [0.5, 0.6) is 0 Å². The van der Waals surface area contributed by atoms with Crippen molar-refractivity contribution in [3.05, 3.63) is 64.9 Å². The third-order valence-electron chi connectivity index (χ3n) is 5.32. The maximum Gasteiger partial charge on any atom is 0.317 e. The Kier molecular flexibility index (Phi) is 7.29. The van der Waals surface area contributed by atoms with E-state index in [1.165, 1.54) is 11.6 Å². The molecule has 0 spiro atoms. The Morgan fingerprint density at radius 2 is 1.89 bits per heavy atom. The molecule has 1 aliphatic rings. The zero-order valence-electron chi connectivity index (χ0n) is 15.9. The van der Waals surface area contributed by atoms with E-state index in [9.17, 15) is 14.3 Å². The molecule has 2 aromatic carbocycles.